The molecule has 0 saturated heterocycles. The molecule has 0 atom stereocenters. The summed E-state index contributed by atoms with van der Waals surface area (Å²) in [6, 6.07) is 5.97. The number of terminal acetylenes is 1. The standard InChI is InChI=1S/C12H13N3/c1-2-3-7-13-9-11-10-15-8-5-4-6-12(15)14-11/h1,4-6,8,10,13H,3,7,9H2. The predicted molar refractivity (Wildman–Crippen MR) is 60.3 cm³/mol. The highest BCUT2D eigenvalue weighted by atomic mass is 15.0. The highest BCUT2D eigenvalue weighted by Crippen LogP contribution is 2.03. The maximum absolute atomic E-state index is 5.16. The average molecular weight is 199 g/mol. The van der Waals surface area contributed by atoms with Crippen molar-refractivity contribution >= 4 is 5.65 Å². The first-order chi connectivity index (χ1) is 7.40. The molecule has 0 aliphatic carbocycles. The molecule has 15 heavy (non-hydrogen) atoms. The second kappa shape index (κ2) is 4.63. The molecule has 3 nitrogen and oxygen atoms in total. The first-order valence-corrected chi connectivity index (χ1v) is 4.97. The number of hydrogen-bond acceptors (Lipinski definition) is 2. The lowest BCUT2D eigenvalue weighted by Crippen LogP contribution is -2.14. The first kappa shape index (κ1) is 9.75. The van der Waals surface area contributed by atoms with E-state index >= 15 is 0 Å². The zero-order chi connectivity index (χ0) is 10.5. The Morgan fingerprint density at radius 2 is 2.40 bits per heavy atom. The number of rotatable bonds is 4. The normalized spacial score (nSPS) is 10.3. The van der Waals surface area contributed by atoms with Gasteiger partial charge in [0.2, 0.25) is 0 Å². The molecule has 0 unspecified atom stereocenters. The van der Waals surface area contributed by atoms with Crippen molar-refractivity contribution in [3.8, 4) is 12.3 Å². The molecule has 0 amide bonds. The number of fused-ring (bicyclic) bond motifs is 1. The van der Waals surface area contributed by atoms with Crippen LogP contribution in [-0.4, -0.2) is 15.9 Å². The van der Waals surface area contributed by atoms with Crippen LogP contribution in [0.3, 0.4) is 0 Å². The lowest BCUT2D eigenvalue weighted by atomic mass is 10.4. The number of nitrogens with zero attached hydrogens (tertiary/aromatic N) is 2. The van der Waals surface area contributed by atoms with Gasteiger partial charge in [-0.25, -0.2) is 4.98 Å². The lowest BCUT2D eigenvalue weighted by Gasteiger charge is -1.97. The molecule has 0 radical (unpaired) electrons. The van der Waals surface area contributed by atoms with Gasteiger partial charge in [-0.15, -0.1) is 12.3 Å². The van der Waals surface area contributed by atoms with Crippen LogP contribution in [0.4, 0.5) is 0 Å². The van der Waals surface area contributed by atoms with Gasteiger partial charge in [-0.3, -0.25) is 0 Å². The quantitative estimate of drug-likeness (QED) is 0.596. The minimum atomic E-state index is 0.757. The van der Waals surface area contributed by atoms with Gasteiger partial charge >= 0.3 is 0 Å². The van der Waals surface area contributed by atoms with E-state index in [0.29, 0.717) is 0 Å². The summed E-state index contributed by atoms with van der Waals surface area (Å²) in [6.45, 7) is 1.60. The van der Waals surface area contributed by atoms with E-state index in [9.17, 15) is 0 Å². The molecule has 0 bridgehead atoms. The smallest absolute Gasteiger partial charge is 0.137 e. The Morgan fingerprint density at radius 3 is 3.20 bits per heavy atom. The topological polar surface area (TPSA) is 29.3 Å². The molecule has 0 aliphatic heterocycles. The molecule has 2 heterocycles. The number of pyridine rings is 1. The Bertz CT molecular complexity index is 446. The molecule has 0 saturated carbocycles. The summed E-state index contributed by atoms with van der Waals surface area (Å²) in [6.07, 6.45) is 9.94. The maximum atomic E-state index is 5.16. The largest absolute Gasteiger partial charge is 0.310 e. The summed E-state index contributed by atoms with van der Waals surface area (Å²) in [5, 5.41) is 3.25. The van der Waals surface area contributed by atoms with Crippen LogP contribution in [-0.2, 0) is 6.54 Å². The fourth-order valence-corrected chi connectivity index (χ4v) is 1.45. The monoisotopic (exact) mass is 199 g/mol. The summed E-state index contributed by atoms with van der Waals surface area (Å²) in [7, 11) is 0. The number of hydrogen-bond donors (Lipinski definition) is 1. The Morgan fingerprint density at radius 1 is 1.47 bits per heavy atom. The van der Waals surface area contributed by atoms with Crippen molar-refractivity contribution in [3.63, 3.8) is 0 Å². The van der Waals surface area contributed by atoms with Crippen LogP contribution in [0.2, 0.25) is 0 Å². The van der Waals surface area contributed by atoms with Crippen LogP contribution in [0.25, 0.3) is 5.65 Å². The van der Waals surface area contributed by atoms with E-state index in [4.69, 9.17) is 6.42 Å². The SMILES string of the molecule is C#CCCNCc1cn2ccccc2n1. The molecule has 2 aromatic heterocycles. The van der Waals surface area contributed by atoms with Crippen LogP contribution in [0, 0.1) is 12.3 Å². The summed E-state index contributed by atoms with van der Waals surface area (Å²) >= 11 is 0. The minimum absolute atomic E-state index is 0.757. The molecular weight excluding hydrogens is 186 g/mol. The van der Waals surface area contributed by atoms with E-state index < -0.39 is 0 Å². The van der Waals surface area contributed by atoms with Crippen LogP contribution in [0.1, 0.15) is 12.1 Å². The molecule has 2 rings (SSSR count). The Kier molecular flexibility index (Phi) is 3.01. The number of aromatic nitrogens is 2. The minimum Gasteiger partial charge on any atom is -0.310 e. The zero-order valence-electron chi connectivity index (χ0n) is 8.48. The van der Waals surface area contributed by atoms with Crippen molar-refractivity contribution in [2.45, 2.75) is 13.0 Å². The van der Waals surface area contributed by atoms with Crippen LogP contribution in [0.15, 0.2) is 30.6 Å². The van der Waals surface area contributed by atoms with Crippen LogP contribution < -0.4 is 5.32 Å². The Balaban J connectivity index is 2.00. The summed E-state index contributed by atoms with van der Waals surface area (Å²) in [4.78, 5) is 4.46. The fourth-order valence-electron chi connectivity index (χ4n) is 1.45. The zero-order valence-corrected chi connectivity index (χ0v) is 8.48. The third-order valence-corrected chi connectivity index (χ3v) is 2.17. The van der Waals surface area contributed by atoms with Gasteiger partial charge in [-0.2, -0.15) is 0 Å². The van der Waals surface area contributed by atoms with Crippen molar-refractivity contribution in [3.05, 3.63) is 36.3 Å². The van der Waals surface area contributed by atoms with Gasteiger partial charge in [-0.1, -0.05) is 6.07 Å². The first-order valence-electron chi connectivity index (χ1n) is 4.97. The molecule has 1 N–H and O–H groups in total. The molecule has 0 fully saturated rings. The van der Waals surface area contributed by atoms with Crippen LogP contribution >= 0.6 is 0 Å². The van der Waals surface area contributed by atoms with Crippen molar-refractivity contribution in [2.75, 3.05) is 6.54 Å². The van der Waals surface area contributed by atoms with Gasteiger partial charge in [0.15, 0.2) is 0 Å². The van der Waals surface area contributed by atoms with Gasteiger partial charge in [-0.05, 0) is 12.1 Å². The van der Waals surface area contributed by atoms with Gasteiger partial charge in [0, 0.05) is 31.9 Å². The fraction of sp³-hybridized carbons (Fsp3) is 0.250. The molecule has 76 valence electrons. The molecule has 0 spiro atoms. The molecule has 0 aliphatic rings. The summed E-state index contributed by atoms with van der Waals surface area (Å²) in [5.74, 6) is 2.59. The molecule has 0 aromatic carbocycles. The summed E-state index contributed by atoms with van der Waals surface area (Å²) in [5.41, 5.74) is 2.02. The maximum Gasteiger partial charge on any atom is 0.137 e. The van der Waals surface area contributed by atoms with E-state index in [2.05, 4.69) is 16.2 Å². The van der Waals surface area contributed by atoms with Crippen molar-refractivity contribution in [1.82, 2.24) is 14.7 Å². The Labute approximate surface area is 89.1 Å². The van der Waals surface area contributed by atoms with E-state index in [1.807, 2.05) is 35.0 Å². The second-order valence-corrected chi connectivity index (χ2v) is 3.33. The molecule has 3 heteroatoms. The van der Waals surface area contributed by atoms with Crippen molar-refractivity contribution in [2.24, 2.45) is 0 Å². The molecular formula is C12H13N3. The number of nitrogens with one attached hydrogen (secondary N) is 1. The Hall–Kier alpha value is -1.79. The van der Waals surface area contributed by atoms with Gasteiger partial charge in [0.1, 0.15) is 5.65 Å². The highest BCUT2D eigenvalue weighted by Gasteiger charge is 1.98. The van der Waals surface area contributed by atoms with Crippen molar-refractivity contribution in [1.29, 1.82) is 0 Å². The predicted octanol–water partition coefficient (Wildman–Crippen LogP) is 1.45. The lowest BCUT2D eigenvalue weighted by molar-refractivity contribution is 0.691. The van der Waals surface area contributed by atoms with Crippen LogP contribution in [0.5, 0.6) is 0 Å². The summed E-state index contributed by atoms with van der Waals surface area (Å²) < 4.78 is 2.01. The van der Waals surface area contributed by atoms with E-state index in [1.165, 1.54) is 0 Å². The van der Waals surface area contributed by atoms with E-state index in [1.54, 1.807) is 0 Å². The van der Waals surface area contributed by atoms with Crippen molar-refractivity contribution < 1.29 is 0 Å². The van der Waals surface area contributed by atoms with E-state index in [0.717, 1.165) is 30.9 Å². The van der Waals surface area contributed by atoms with Gasteiger partial charge < -0.3 is 9.72 Å². The third kappa shape index (κ3) is 2.36. The molecule has 2 aromatic rings. The van der Waals surface area contributed by atoms with E-state index in [-0.39, 0.29) is 0 Å². The van der Waals surface area contributed by atoms with Gasteiger partial charge in [0.05, 0.1) is 5.69 Å². The highest BCUT2D eigenvalue weighted by molar-refractivity contribution is 5.39. The third-order valence-electron chi connectivity index (χ3n) is 2.17. The number of imidazole rings is 1. The average Bonchev–Trinajstić information content (AvgIpc) is 2.67. The van der Waals surface area contributed by atoms with Gasteiger partial charge in [0.25, 0.3) is 0 Å². The second-order valence-electron chi connectivity index (χ2n) is 3.33.